The number of hydrogen-bond donors (Lipinski definition) is 2. The third-order valence-electron chi connectivity index (χ3n) is 4.76. The van der Waals surface area contributed by atoms with Crippen LogP contribution in [0.1, 0.15) is 45.1 Å². The predicted molar refractivity (Wildman–Crippen MR) is 127 cm³/mol. The minimum absolute atomic E-state index is 0. The number of guanidine groups is 1. The smallest absolute Gasteiger partial charge is 0.309 e. The van der Waals surface area contributed by atoms with Crippen LogP contribution in [0.15, 0.2) is 29.3 Å². The van der Waals surface area contributed by atoms with Crippen LogP contribution in [-0.2, 0) is 20.9 Å². The molecule has 0 saturated carbocycles. The van der Waals surface area contributed by atoms with Crippen LogP contribution in [0.3, 0.4) is 0 Å². The molecule has 0 radical (unpaired) electrons. The molecule has 1 aromatic carbocycles. The van der Waals surface area contributed by atoms with E-state index in [1.807, 2.05) is 38.1 Å². The number of rotatable bonds is 7. The minimum atomic E-state index is -0.0907. The van der Waals surface area contributed by atoms with E-state index in [2.05, 4.69) is 20.5 Å². The van der Waals surface area contributed by atoms with E-state index < -0.39 is 0 Å². The first-order valence-electron chi connectivity index (χ1n) is 10.1. The third kappa shape index (κ3) is 8.20. The molecule has 1 amide bonds. The molecule has 0 atom stereocenters. The molecule has 8 heteroatoms. The molecule has 1 aliphatic heterocycles. The van der Waals surface area contributed by atoms with E-state index in [1.54, 1.807) is 7.05 Å². The highest BCUT2D eigenvalue weighted by molar-refractivity contribution is 14.0. The van der Waals surface area contributed by atoms with Gasteiger partial charge in [-0.15, -0.1) is 24.0 Å². The maximum Gasteiger partial charge on any atom is 0.309 e. The number of benzene rings is 1. The monoisotopic (exact) mass is 516 g/mol. The van der Waals surface area contributed by atoms with Gasteiger partial charge in [-0.25, -0.2) is 0 Å². The molecule has 1 heterocycles. The number of anilines is 1. The molecule has 29 heavy (non-hydrogen) atoms. The standard InChI is InChI=1S/C21H32N4O3.HI/c1-4-7-19(26)24-18-9-6-8-16(14-18)15-23-21(22-3)25-12-10-17(11-13-25)20(27)28-5-2;/h6,8-9,14,17H,4-5,7,10-13,15H2,1-3H3,(H,22,23)(H,24,26);1H. The number of ether oxygens (including phenoxy) is 1. The van der Waals surface area contributed by atoms with Crippen LogP contribution in [0.4, 0.5) is 5.69 Å². The second kappa shape index (κ2) is 13.4. The lowest BCUT2D eigenvalue weighted by atomic mass is 9.97. The number of aliphatic imine (C=N–C) groups is 1. The summed E-state index contributed by atoms with van der Waals surface area (Å²) in [5.74, 6) is 0.750. The van der Waals surface area contributed by atoms with Crippen molar-refractivity contribution in [3.05, 3.63) is 29.8 Å². The third-order valence-corrected chi connectivity index (χ3v) is 4.76. The van der Waals surface area contributed by atoms with Crippen molar-refractivity contribution in [2.24, 2.45) is 10.9 Å². The average Bonchev–Trinajstić information content (AvgIpc) is 2.69. The second-order valence-electron chi connectivity index (χ2n) is 6.91. The Hall–Kier alpha value is -1.84. The van der Waals surface area contributed by atoms with Crippen LogP contribution in [0.25, 0.3) is 0 Å². The number of piperidine rings is 1. The quantitative estimate of drug-likeness (QED) is 0.251. The van der Waals surface area contributed by atoms with Crippen LogP contribution in [-0.4, -0.2) is 49.5 Å². The molecular formula is C21H33IN4O3. The van der Waals surface area contributed by atoms with Crippen molar-refractivity contribution in [1.82, 2.24) is 10.2 Å². The summed E-state index contributed by atoms with van der Waals surface area (Å²) in [6, 6.07) is 7.82. The lowest BCUT2D eigenvalue weighted by Crippen LogP contribution is -2.46. The number of carbonyl (C=O) groups excluding carboxylic acids is 2. The van der Waals surface area contributed by atoms with Gasteiger partial charge in [0.1, 0.15) is 0 Å². The van der Waals surface area contributed by atoms with Crippen molar-refractivity contribution in [1.29, 1.82) is 0 Å². The molecule has 2 rings (SSSR count). The Balaban J connectivity index is 0.00000420. The largest absolute Gasteiger partial charge is 0.466 e. The fraction of sp³-hybridized carbons (Fsp3) is 0.571. The van der Waals surface area contributed by atoms with Gasteiger partial charge in [0.2, 0.25) is 5.91 Å². The van der Waals surface area contributed by atoms with Gasteiger partial charge in [0.15, 0.2) is 5.96 Å². The second-order valence-corrected chi connectivity index (χ2v) is 6.91. The maximum absolute atomic E-state index is 11.9. The highest BCUT2D eigenvalue weighted by Gasteiger charge is 2.27. The van der Waals surface area contributed by atoms with E-state index in [0.29, 0.717) is 19.6 Å². The molecule has 0 aromatic heterocycles. The van der Waals surface area contributed by atoms with Gasteiger partial charge < -0.3 is 20.3 Å². The number of nitrogens with zero attached hydrogens (tertiary/aromatic N) is 2. The van der Waals surface area contributed by atoms with Crippen LogP contribution in [0, 0.1) is 5.92 Å². The zero-order valence-electron chi connectivity index (χ0n) is 17.6. The normalized spacial score (nSPS) is 14.7. The zero-order valence-corrected chi connectivity index (χ0v) is 19.9. The predicted octanol–water partition coefficient (Wildman–Crippen LogP) is 3.39. The van der Waals surface area contributed by atoms with Crippen LogP contribution < -0.4 is 10.6 Å². The van der Waals surface area contributed by atoms with E-state index in [1.165, 1.54) is 0 Å². The highest BCUT2D eigenvalue weighted by Crippen LogP contribution is 2.19. The van der Waals surface area contributed by atoms with E-state index in [0.717, 1.165) is 49.6 Å². The summed E-state index contributed by atoms with van der Waals surface area (Å²) >= 11 is 0. The van der Waals surface area contributed by atoms with Gasteiger partial charge in [-0.1, -0.05) is 19.1 Å². The lowest BCUT2D eigenvalue weighted by molar-refractivity contribution is -0.149. The van der Waals surface area contributed by atoms with Gasteiger partial charge in [0.25, 0.3) is 0 Å². The van der Waals surface area contributed by atoms with Crippen molar-refractivity contribution < 1.29 is 14.3 Å². The number of hydrogen-bond acceptors (Lipinski definition) is 4. The van der Waals surface area contributed by atoms with Crippen molar-refractivity contribution in [2.75, 3.05) is 32.1 Å². The summed E-state index contributed by atoms with van der Waals surface area (Å²) in [4.78, 5) is 30.2. The number of likely N-dealkylation sites (tertiary alicyclic amines) is 1. The number of nitrogens with one attached hydrogen (secondary N) is 2. The van der Waals surface area contributed by atoms with Gasteiger partial charge in [-0.2, -0.15) is 0 Å². The molecule has 0 unspecified atom stereocenters. The molecule has 0 bridgehead atoms. The van der Waals surface area contributed by atoms with Crippen LogP contribution in [0.2, 0.25) is 0 Å². The lowest BCUT2D eigenvalue weighted by Gasteiger charge is -2.33. The average molecular weight is 516 g/mol. The van der Waals surface area contributed by atoms with Gasteiger partial charge in [-0.3, -0.25) is 14.6 Å². The molecule has 0 spiro atoms. The first kappa shape index (κ1) is 25.2. The summed E-state index contributed by atoms with van der Waals surface area (Å²) in [5.41, 5.74) is 1.87. The Morgan fingerprint density at radius 1 is 1.24 bits per heavy atom. The summed E-state index contributed by atoms with van der Waals surface area (Å²) < 4.78 is 5.13. The van der Waals surface area contributed by atoms with Crippen LogP contribution >= 0.6 is 24.0 Å². The van der Waals surface area contributed by atoms with Crippen molar-refractivity contribution >= 4 is 47.5 Å². The number of halogens is 1. The summed E-state index contributed by atoms with van der Waals surface area (Å²) in [7, 11) is 1.77. The molecular weight excluding hydrogens is 483 g/mol. The number of amides is 1. The zero-order chi connectivity index (χ0) is 20.4. The van der Waals surface area contributed by atoms with E-state index in [-0.39, 0.29) is 41.8 Å². The summed E-state index contributed by atoms with van der Waals surface area (Å²) in [6.45, 7) is 6.42. The molecule has 2 N–H and O–H groups in total. The topological polar surface area (TPSA) is 83.0 Å². The Morgan fingerprint density at radius 2 is 1.97 bits per heavy atom. The molecule has 7 nitrogen and oxygen atoms in total. The maximum atomic E-state index is 11.9. The van der Waals surface area contributed by atoms with E-state index in [9.17, 15) is 9.59 Å². The van der Waals surface area contributed by atoms with Gasteiger partial charge in [-0.05, 0) is 43.9 Å². The molecule has 0 aliphatic carbocycles. The van der Waals surface area contributed by atoms with Gasteiger partial charge in [0.05, 0.1) is 12.5 Å². The molecule has 1 aromatic rings. The summed E-state index contributed by atoms with van der Waals surface area (Å²) in [5, 5.41) is 6.30. The first-order chi connectivity index (χ1) is 13.6. The Labute approximate surface area is 190 Å². The Bertz CT molecular complexity index is 688. The van der Waals surface area contributed by atoms with Crippen molar-refractivity contribution in [2.45, 2.75) is 46.1 Å². The first-order valence-corrected chi connectivity index (χ1v) is 10.1. The minimum Gasteiger partial charge on any atom is -0.466 e. The van der Waals surface area contributed by atoms with Crippen LogP contribution in [0.5, 0.6) is 0 Å². The van der Waals surface area contributed by atoms with Crippen molar-refractivity contribution in [3.8, 4) is 0 Å². The SMILES string of the molecule is CCCC(=O)Nc1cccc(CNC(=NC)N2CCC(C(=O)OCC)CC2)c1.I. The summed E-state index contributed by atoms with van der Waals surface area (Å²) in [6.07, 6.45) is 2.91. The van der Waals surface area contributed by atoms with Gasteiger partial charge in [0, 0.05) is 38.8 Å². The highest BCUT2D eigenvalue weighted by atomic mass is 127. The van der Waals surface area contributed by atoms with Crippen molar-refractivity contribution in [3.63, 3.8) is 0 Å². The fourth-order valence-corrected chi connectivity index (χ4v) is 3.31. The molecule has 1 fully saturated rings. The molecule has 1 saturated heterocycles. The Morgan fingerprint density at radius 3 is 2.59 bits per heavy atom. The fourth-order valence-electron chi connectivity index (χ4n) is 3.31. The van der Waals surface area contributed by atoms with E-state index in [4.69, 9.17) is 4.74 Å². The molecule has 1 aliphatic rings. The number of carbonyl (C=O) groups is 2. The molecule has 162 valence electrons. The van der Waals surface area contributed by atoms with E-state index >= 15 is 0 Å². The van der Waals surface area contributed by atoms with Gasteiger partial charge >= 0.3 is 5.97 Å². The Kier molecular flexibility index (Phi) is 11.6. The number of esters is 1.